The van der Waals surface area contributed by atoms with E-state index in [9.17, 15) is 14.4 Å². The van der Waals surface area contributed by atoms with E-state index in [1.807, 2.05) is 30.3 Å². The number of hydrogen-bond donors (Lipinski definition) is 0. The molecule has 1 unspecified atom stereocenters. The number of carbonyl (C=O) groups excluding carboxylic acids is 3. The molecule has 3 aromatic rings. The first kappa shape index (κ1) is 42.5. The van der Waals surface area contributed by atoms with Crippen molar-refractivity contribution >= 4 is 29.6 Å². The highest BCUT2D eigenvalue weighted by Gasteiger charge is 2.31. The van der Waals surface area contributed by atoms with Crippen LogP contribution in [0.2, 0.25) is 5.02 Å². The van der Waals surface area contributed by atoms with Crippen molar-refractivity contribution in [1.29, 1.82) is 0 Å². The first-order valence-corrected chi connectivity index (χ1v) is 20.6. The average molecular weight is 816 g/mol. The molecule has 1 aliphatic carbocycles. The summed E-state index contributed by atoms with van der Waals surface area (Å²) >= 11 is 6.56. The van der Waals surface area contributed by atoms with Gasteiger partial charge in [0.05, 0.1) is 32.7 Å². The maximum atomic E-state index is 15.1. The third-order valence-corrected chi connectivity index (χ3v) is 11.1. The fourth-order valence-electron chi connectivity index (χ4n) is 7.67. The third-order valence-electron chi connectivity index (χ3n) is 10.8. The second-order valence-corrected chi connectivity index (χ2v) is 15.1. The maximum Gasteiger partial charge on any atom is 0.362 e. The highest BCUT2D eigenvalue weighted by molar-refractivity contribution is 6.32. The number of ether oxygens (including phenoxy) is 4. The zero-order valence-electron chi connectivity index (χ0n) is 33.2. The number of amides is 4. The Morgan fingerprint density at radius 2 is 1.55 bits per heavy atom. The summed E-state index contributed by atoms with van der Waals surface area (Å²) in [4.78, 5) is 43.0. The molecule has 0 spiro atoms. The summed E-state index contributed by atoms with van der Waals surface area (Å²) in [6.07, 6.45) is 10.8. The molecule has 0 bridgehead atoms. The number of carbonyl (C=O) groups is 3. The van der Waals surface area contributed by atoms with E-state index in [0.29, 0.717) is 48.3 Å². The predicted molar refractivity (Wildman–Crippen MR) is 217 cm³/mol. The van der Waals surface area contributed by atoms with Gasteiger partial charge >= 0.3 is 18.0 Å². The van der Waals surface area contributed by atoms with E-state index in [-0.39, 0.29) is 42.3 Å². The number of hydrogen-bond acceptors (Lipinski definition) is 8. The van der Waals surface area contributed by atoms with E-state index in [0.717, 1.165) is 99.8 Å². The van der Waals surface area contributed by atoms with Crippen LogP contribution in [0, 0.1) is 17.7 Å². The fraction of sp³-hybridized carbons (Fsp3) is 0.500. The largest absolute Gasteiger partial charge is 0.486 e. The summed E-state index contributed by atoms with van der Waals surface area (Å²) in [5.41, 5.74) is 4.03. The minimum atomic E-state index is -0.429. The van der Waals surface area contributed by atoms with Crippen molar-refractivity contribution in [1.82, 2.24) is 14.8 Å². The number of urea groups is 2. The molecule has 0 radical (unpaired) electrons. The van der Waals surface area contributed by atoms with Gasteiger partial charge in [-0.05, 0) is 99.2 Å². The molecule has 2 aromatic carbocycles. The van der Waals surface area contributed by atoms with Gasteiger partial charge < -0.3 is 28.7 Å². The lowest BCUT2D eigenvalue weighted by molar-refractivity contribution is -0.140. The standard InChI is InChI=1S/C32H31ClFNO5.C12H20N4O2/c1-3-4-21(18-30(36)37-2)20-5-7-23(8-6-20)39-29-12-10-26-25(9-11-28(34)31(26)29)22-17-27(33)32(35-19-22)40-24-13-15-38-16-14-24;17-11(15-7-3-1-4-8-15)13-14-12(18)16-9-5-2-6-10-16/h5-9,11,17,19,21,24,29H,10,12-16,18H2,1-2H3;1-10H2/t21?,29-;/m1./s1. The van der Waals surface area contributed by atoms with E-state index in [1.54, 1.807) is 29.0 Å². The third kappa shape index (κ3) is 11.3. The molecule has 4 aliphatic rings. The van der Waals surface area contributed by atoms with E-state index < -0.39 is 6.10 Å². The van der Waals surface area contributed by atoms with Crippen molar-refractivity contribution in [2.24, 2.45) is 10.2 Å². The van der Waals surface area contributed by atoms with Gasteiger partial charge in [0, 0.05) is 56.3 Å². The molecule has 14 heteroatoms. The van der Waals surface area contributed by atoms with Gasteiger partial charge in [-0.1, -0.05) is 45.9 Å². The van der Waals surface area contributed by atoms with Crippen LogP contribution in [0.15, 0.2) is 58.9 Å². The molecule has 0 N–H and O–H groups in total. The number of rotatable bonds is 8. The number of azo groups is 1. The second-order valence-electron chi connectivity index (χ2n) is 14.7. The van der Waals surface area contributed by atoms with Gasteiger partial charge in [0.1, 0.15) is 28.8 Å². The zero-order valence-corrected chi connectivity index (χ0v) is 34.0. The Bertz CT molecular complexity index is 1950. The minimum Gasteiger partial charge on any atom is -0.486 e. The van der Waals surface area contributed by atoms with Crippen LogP contribution in [0.4, 0.5) is 14.0 Å². The number of nitrogens with zero attached hydrogens (tertiary/aromatic N) is 5. The fourth-order valence-corrected chi connectivity index (χ4v) is 7.89. The maximum absolute atomic E-state index is 15.1. The Labute approximate surface area is 344 Å². The van der Waals surface area contributed by atoms with E-state index in [1.165, 1.54) is 13.2 Å². The van der Waals surface area contributed by atoms with Gasteiger partial charge in [-0.15, -0.1) is 5.92 Å². The van der Waals surface area contributed by atoms with Crippen LogP contribution in [-0.4, -0.2) is 85.4 Å². The SMILES string of the molecule is CC#CC(CC(=O)OC)c1ccc(O[C@@H]2CCc3c(-c4cnc(OC5CCOCC5)c(Cl)c4)ccc(F)c32)cc1.O=C(N=NC(=O)N1CCCCC1)N1CCCCC1. The molecule has 58 heavy (non-hydrogen) atoms. The van der Waals surface area contributed by atoms with E-state index in [2.05, 4.69) is 27.1 Å². The number of halogens is 2. The van der Waals surface area contributed by atoms with E-state index in [4.69, 9.17) is 30.5 Å². The van der Waals surface area contributed by atoms with Crippen LogP contribution in [-0.2, 0) is 20.7 Å². The van der Waals surface area contributed by atoms with Gasteiger partial charge in [0.15, 0.2) is 0 Å². The number of fused-ring (bicyclic) bond motifs is 1. The van der Waals surface area contributed by atoms with Crippen molar-refractivity contribution in [2.45, 2.75) is 95.7 Å². The lowest BCUT2D eigenvalue weighted by Crippen LogP contribution is -2.35. The smallest absolute Gasteiger partial charge is 0.362 e. The quantitative estimate of drug-likeness (QED) is 0.125. The van der Waals surface area contributed by atoms with Gasteiger partial charge in [0.25, 0.3) is 0 Å². The van der Waals surface area contributed by atoms with Crippen LogP contribution in [0.25, 0.3) is 11.1 Å². The molecule has 7 rings (SSSR count). The highest BCUT2D eigenvalue weighted by atomic mass is 35.5. The summed E-state index contributed by atoms with van der Waals surface area (Å²) in [5.74, 6) is 6.06. The van der Waals surface area contributed by atoms with Crippen LogP contribution in [0.5, 0.6) is 11.6 Å². The Morgan fingerprint density at radius 1 is 0.914 bits per heavy atom. The van der Waals surface area contributed by atoms with Crippen molar-refractivity contribution in [3.05, 3.63) is 76.2 Å². The average Bonchev–Trinajstić information content (AvgIpc) is 3.69. The van der Waals surface area contributed by atoms with Gasteiger partial charge in [-0.2, -0.15) is 0 Å². The molecule has 4 heterocycles. The summed E-state index contributed by atoms with van der Waals surface area (Å²) in [6, 6.07) is 11.7. The Kier molecular flexibility index (Phi) is 15.5. The number of aromatic nitrogens is 1. The monoisotopic (exact) mass is 815 g/mol. The van der Waals surface area contributed by atoms with Crippen LogP contribution >= 0.6 is 11.6 Å². The molecular formula is C44H51ClFN5O7. The Balaban J connectivity index is 0.000000263. The highest BCUT2D eigenvalue weighted by Crippen LogP contribution is 2.42. The molecule has 1 aromatic heterocycles. The number of methoxy groups -OCH3 is 1. The van der Waals surface area contributed by atoms with Gasteiger partial charge in [-0.25, -0.2) is 19.0 Å². The number of likely N-dealkylation sites (tertiary alicyclic amines) is 2. The summed E-state index contributed by atoms with van der Waals surface area (Å²) < 4.78 is 37.6. The van der Waals surface area contributed by atoms with E-state index >= 15 is 4.39 Å². The molecule has 3 saturated heterocycles. The number of esters is 1. The molecule has 12 nitrogen and oxygen atoms in total. The summed E-state index contributed by atoms with van der Waals surface area (Å²) in [6.45, 7) is 6.00. The lowest BCUT2D eigenvalue weighted by Gasteiger charge is -2.25. The molecule has 0 saturated carbocycles. The van der Waals surface area contributed by atoms with Crippen molar-refractivity contribution in [3.63, 3.8) is 0 Å². The zero-order chi connectivity index (χ0) is 40.9. The van der Waals surface area contributed by atoms with Crippen LogP contribution in [0.1, 0.15) is 99.8 Å². The minimum absolute atomic E-state index is 0.0324. The first-order valence-electron chi connectivity index (χ1n) is 20.2. The van der Waals surface area contributed by atoms with Crippen LogP contribution < -0.4 is 9.47 Å². The summed E-state index contributed by atoms with van der Waals surface area (Å²) in [7, 11) is 1.36. The van der Waals surface area contributed by atoms with Crippen molar-refractivity contribution in [2.75, 3.05) is 46.5 Å². The molecule has 2 atom stereocenters. The number of benzene rings is 2. The Hall–Kier alpha value is -5.06. The number of pyridine rings is 1. The number of piperidine rings is 2. The summed E-state index contributed by atoms with van der Waals surface area (Å²) in [5, 5.41) is 7.51. The molecule has 3 aliphatic heterocycles. The normalized spacial score (nSPS) is 18.6. The molecule has 4 amide bonds. The first-order chi connectivity index (χ1) is 28.2. The topological polar surface area (TPSA) is 132 Å². The molecule has 308 valence electrons. The molecule has 3 fully saturated rings. The van der Waals surface area contributed by atoms with Crippen molar-refractivity contribution < 1.29 is 37.7 Å². The predicted octanol–water partition coefficient (Wildman–Crippen LogP) is 9.49. The lowest BCUT2D eigenvalue weighted by atomic mass is 9.96. The molecular weight excluding hydrogens is 765 g/mol. The van der Waals surface area contributed by atoms with Crippen LogP contribution in [0.3, 0.4) is 0 Å². The van der Waals surface area contributed by atoms with Gasteiger partial charge in [-0.3, -0.25) is 4.79 Å². The Morgan fingerprint density at radius 3 is 2.14 bits per heavy atom. The van der Waals surface area contributed by atoms with Gasteiger partial charge in [0.2, 0.25) is 5.88 Å². The second kappa shape index (κ2) is 21.1. The van der Waals surface area contributed by atoms with Crippen molar-refractivity contribution in [3.8, 4) is 34.6 Å².